The molecule has 2 amide bonds. The number of nitrogens with one attached hydrogen (secondary N) is 1. The van der Waals surface area contributed by atoms with Crippen LogP contribution in [0.1, 0.15) is 45.2 Å². The van der Waals surface area contributed by atoms with Gasteiger partial charge in [0.05, 0.1) is 0 Å². The third-order valence-electron chi connectivity index (χ3n) is 5.22. The molecule has 0 heterocycles. The molecule has 2 atom stereocenters. The van der Waals surface area contributed by atoms with Crippen molar-refractivity contribution in [1.82, 2.24) is 10.2 Å². The van der Waals surface area contributed by atoms with E-state index in [1.165, 1.54) is 10.5 Å². The van der Waals surface area contributed by atoms with Crippen molar-refractivity contribution in [3.63, 3.8) is 0 Å². The number of carbonyl (C=O) groups is 2. The molecule has 0 aliphatic heterocycles. The molecule has 0 radical (unpaired) electrons. The Morgan fingerprint density at radius 3 is 2.32 bits per heavy atom. The zero-order chi connectivity index (χ0) is 23.0. The predicted molar refractivity (Wildman–Crippen MR) is 126 cm³/mol. The molecule has 31 heavy (non-hydrogen) atoms. The first-order valence-electron chi connectivity index (χ1n) is 10.5. The second-order valence-corrected chi connectivity index (χ2v) is 8.38. The van der Waals surface area contributed by atoms with E-state index in [1.807, 2.05) is 38.1 Å². The molecule has 0 bridgehead atoms. The number of carbonyl (C=O) groups excluding carboxylic acids is 2. The Morgan fingerprint density at radius 2 is 1.74 bits per heavy atom. The van der Waals surface area contributed by atoms with E-state index in [-0.39, 0.29) is 31.0 Å². The van der Waals surface area contributed by atoms with Gasteiger partial charge in [-0.05, 0) is 62.1 Å². The first-order chi connectivity index (χ1) is 14.7. The Morgan fingerprint density at radius 1 is 1.06 bits per heavy atom. The summed E-state index contributed by atoms with van der Waals surface area (Å²) in [5.74, 6) is 0.0733. The van der Waals surface area contributed by atoms with Crippen LogP contribution >= 0.6 is 23.2 Å². The number of hydrogen-bond acceptors (Lipinski definition) is 3. The zero-order valence-corrected chi connectivity index (χ0v) is 20.0. The lowest BCUT2D eigenvalue weighted by atomic mass is 10.1. The summed E-state index contributed by atoms with van der Waals surface area (Å²) in [5, 5.41) is 3.88. The van der Waals surface area contributed by atoms with Gasteiger partial charge in [-0.15, -0.1) is 0 Å². The minimum atomic E-state index is -0.695. The molecule has 0 aliphatic rings. The van der Waals surface area contributed by atoms with E-state index in [1.54, 1.807) is 25.1 Å². The maximum atomic E-state index is 13.1. The Hall–Kier alpha value is -2.24. The summed E-state index contributed by atoms with van der Waals surface area (Å²) in [7, 11) is 0. The Labute approximate surface area is 194 Å². The van der Waals surface area contributed by atoms with Crippen LogP contribution in [0.15, 0.2) is 42.5 Å². The molecule has 0 aromatic heterocycles. The molecule has 0 saturated heterocycles. The smallest absolute Gasteiger partial charge is 0.261 e. The van der Waals surface area contributed by atoms with Crippen LogP contribution in [0.5, 0.6) is 5.75 Å². The van der Waals surface area contributed by atoms with Crippen molar-refractivity contribution >= 4 is 35.0 Å². The molecule has 5 nitrogen and oxygen atoms in total. The first kappa shape index (κ1) is 25.0. The maximum Gasteiger partial charge on any atom is 0.261 e. The van der Waals surface area contributed by atoms with E-state index >= 15 is 0 Å². The molecule has 168 valence electrons. The zero-order valence-electron chi connectivity index (χ0n) is 18.5. The largest absolute Gasteiger partial charge is 0.484 e. The summed E-state index contributed by atoms with van der Waals surface area (Å²) < 4.78 is 5.69. The number of aryl methyl sites for hydroxylation is 1. The summed E-state index contributed by atoms with van der Waals surface area (Å²) in [6.45, 7) is 7.68. The van der Waals surface area contributed by atoms with Gasteiger partial charge in [0.1, 0.15) is 11.8 Å². The van der Waals surface area contributed by atoms with Gasteiger partial charge < -0.3 is 15.0 Å². The van der Waals surface area contributed by atoms with Gasteiger partial charge >= 0.3 is 0 Å². The fraction of sp³-hybridized carbons (Fsp3) is 0.417. The Bertz CT molecular complexity index is 887. The summed E-state index contributed by atoms with van der Waals surface area (Å²) >= 11 is 12.3. The molecule has 7 heteroatoms. The van der Waals surface area contributed by atoms with E-state index in [0.29, 0.717) is 21.4 Å². The average molecular weight is 465 g/mol. The van der Waals surface area contributed by atoms with Crippen LogP contribution in [0.3, 0.4) is 0 Å². The molecule has 0 unspecified atom stereocenters. The average Bonchev–Trinajstić information content (AvgIpc) is 2.76. The highest BCUT2D eigenvalue weighted by molar-refractivity contribution is 6.35. The van der Waals surface area contributed by atoms with Crippen molar-refractivity contribution in [3.05, 3.63) is 63.6 Å². The Balaban J connectivity index is 2.17. The van der Waals surface area contributed by atoms with E-state index < -0.39 is 6.04 Å². The van der Waals surface area contributed by atoms with Crippen LogP contribution in [0.2, 0.25) is 10.0 Å². The van der Waals surface area contributed by atoms with Crippen LogP contribution in [0.25, 0.3) is 0 Å². The number of rotatable bonds is 10. The first-order valence-corrected chi connectivity index (χ1v) is 11.3. The molecular formula is C24H30Cl2N2O3. The van der Waals surface area contributed by atoms with Crippen LogP contribution in [-0.2, 0) is 22.6 Å². The molecule has 0 fully saturated rings. The fourth-order valence-corrected chi connectivity index (χ4v) is 3.40. The van der Waals surface area contributed by atoms with Gasteiger partial charge in [0, 0.05) is 22.6 Å². The number of ether oxygens (including phenoxy) is 1. The number of amides is 2. The molecule has 0 saturated carbocycles. The number of hydrogen-bond donors (Lipinski definition) is 1. The Kier molecular flexibility index (Phi) is 9.66. The topological polar surface area (TPSA) is 58.6 Å². The molecule has 0 aliphatic carbocycles. The lowest BCUT2D eigenvalue weighted by Crippen LogP contribution is -2.50. The second-order valence-electron chi connectivity index (χ2n) is 7.54. The summed E-state index contributed by atoms with van der Waals surface area (Å²) in [4.78, 5) is 27.3. The molecule has 0 spiro atoms. The van der Waals surface area contributed by atoms with Crippen molar-refractivity contribution < 1.29 is 14.3 Å². The molecule has 1 N–H and O–H groups in total. The minimum Gasteiger partial charge on any atom is -0.484 e. The van der Waals surface area contributed by atoms with Gasteiger partial charge in [-0.3, -0.25) is 9.59 Å². The third-order valence-corrected chi connectivity index (χ3v) is 5.80. The van der Waals surface area contributed by atoms with Crippen LogP contribution in [0, 0.1) is 0 Å². The van der Waals surface area contributed by atoms with Crippen LogP contribution in [-0.4, -0.2) is 35.4 Å². The highest BCUT2D eigenvalue weighted by Gasteiger charge is 2.27. The van der Waals surface area contributed by atoms with Gasteiger partial charge in [0.15, 0.2) is 6.61 Å². The highest BCUT2D eigenvalue weighted by atomic mass is 35.5. The monoisotopic (exact) mass is 464 g/mol. The van der Waals surface area contributed by atoms with Gasteiger partial charge in [-0.2, -0.15) is 0 Å². The van der Waals surface area contributed by atoms with Gasteiger partial charge in [-0.1, -0.05) is 55.2 Å². The lowest BCUT2D eigenvalue weighted by Gasteiger charge is -2.30. The van der Waals surface area contributed by atoms with Gasteiger partial charge in [0.2, 0.25) is 5.91 Å². The van der Waals surface area contributed by atoms with E-state index in [4.69, 9.17) is 27.9 Å². The SMILES string of the molecule is CCc1ccc(OCC(=O)N(Cc2ccc(Cl)cc2Cl)[C@@H](C)C(=O)N[C@H](C)CC)cc1. The number of halogens is 2. The summed E-state index contributed by atoms with van der Waals surface area (Å²) in [6.07, 6.45) is 1.73. The number of nitrogens with zero attached hydrogens (tertiary/aromatic N) is 1. The molecule has 2 aromatic carbocycles. The van der Waals surface area contributed by atoms with E-state index in [9.17, 15) is 9.59 Å². The van der Waals surface area contributed by atoms with Crippen molar-refractivity contribution in [2.75, 3.05) is 6.61 Å². The quantitative estimate of drug-likeness (QED) is 0.520. The minimum absolute atomic E-state index is 0.0133. The predicted octanol–water partition coefficient (Wildman–Crippen LogP) is 5.27. The number of benzene rings is 2. The molecular weight excluding hydrogens is 435 g/mol. The van der Waals surface area contributed by atoms with E-state index in [2.05, 4.69) is 12.2 Å². The highest BCUT2D eigenvalue weighted by Crippen LogP contribution is 2.23. The van der Waals surface area contributed by atoms with Crippen molar-refractivity contribution in [1.29, 1.82) is 0 Å². The lowest BCUT2D eigenvalue weighted by molar-refractivity contribution is -0.142. The van der Waals surface area contributed by atoms with Gasteiger partial charge in [-0.25, -0.2) is 0 Å². The standard InChI is InChI=1S/C24H30Cl2N2O3/c1-5-16(3)27-24(30)17(4)28(14-19-9-10-20(25)13-22(19)26)23(29)15-31-21-11-7-18(6-2)8-12-21/h7-13,16-17H,5-6,14-15H2,1-4H3,(H,27,30)/t16-,17+/m1/s1. The summed E-state index contributed by atoms with van der Waals surface area (Å²) in [6, 6.07) is 12.0. The normalized spacial score (nSPS) is 12.7. The van der Waals surface area contributed by atoms with Crippen LogP contribution < -0.4 is 10.1 Å². The van der Waals surface area contributed by atoms with Crippen LogP contribution in [0.4, 0.5) is 0 Å². The summed E-state index contributed by atoms with van der Waals surface area (Å²) in [5.41, 5.74) is 1.89. The maximum absolute atomic E-state index is 13.1. The van der Waals surface area contributed by atoms with E-state index in [0.717, 1.165) is 12.8 Å². The van der Waals surface area contributed by atoms with Crippen molar-refractivity contribution in [2.45, 2.75) is 59.2 Å². The van der Waals surface area contributed by atoms with Crippen molar-refractivity contribution in [2.24, 2.45) is 0 Å². The molecule has 2 rings (SSSR count). The van der Waals surface area contributed by atoms with Crippen molar-refractivity contribution in [3.8, 4) is 5.75 Å². The van der Waals surface area contributed by atoms with Gasteiger partial charge in [0.25, 0.3) is 5.91 Å². The second kappa shape index (κ2) is 12.0. The third kappa shape index (κ3) is 7.44. The molecule has 2 aromatic rings. The fourth-order valence-electron chi connectivity index (χ4n) is 2.93.